The van der Waals surface area contributed by atoms with E-state index in [1.807, 2.05) is 72.8 Å². The molecule has 1 amide bonds. The van der Waals surface area contributed by atoms with Crippen LogP contribution in [0.15, 0.2) is 71.8 Å². The molecule has 0 aliphatic carbocycles. The predicted octanol–water partition coefficient (Wildman–Crippen LogP) is 4.05. The number of hydrogen-bond donors (Lipinski definition) is 0. The third-order valence-corrected chi connectivity index (χ3v) is 3.71. The first-order valence-corrected chi connectivity index (χ1v) is 7.39. The van der Waals surface area contributed by atoms with Gasteiger partial charge >= 0.3 is 0 Å². The summed E-state index contributed by atoms with van der Waals surface area (Å²) in [5.74, 6) is -0.0306. The van der Waals surface area contributed by atoms with Gasteiger partial charge < -0.3 is 0 Å². The van der Waals surface area contributed by atoms with Gasteiger partial charge in [-0.25, -0.2) is 5.01 Å². The van der Waals surface area contributed by atoms with E-state index in [4.69, 9.17) is 0 Å². The fraction of sp³-hybridized carbons (Fsp3) is 0.158. The van der Waals surface area contributed by atoms with Crippen molar-refractivity contribution in [1.29, 1.82) is 0 Å². The van der Waals surface area contributed by atoms with E-state index < -0.39 is 0 Å². The highest BCUT2D eigenvalue weighted by Crippen LogP contribution is 2.31. The first-order valence-electron chi connectivity index (χ1n) is 7.39. The van der Waals surface area contributed by atoms with E-state index in [0.717, 1.165) is 23.3 Å². The Morgan fingerprint density at radius 1 is 1.05 bits per heavy atom. The van der Waals surface area contributed by atoms with Crippen molar-refractivity contribution < 1.29 is 4.79 Å². The van der Waals surface area contributed by atoms with E-state index in [2.05, 4.69) is 5.10 Å². The van der Waals surface area contributed by atoms with E-state index >= 15 is 0 Å². The summed E-state index contributed by atoms with van der Waals surface area (Å²) in [6.07, 6.45) is 4.77. The van der Waals surface area contributed by atoms with Crippen LogP contribution in [0.25, 0.3) is 6.08 Å². The standard InChI is InChI=1S/C19H18N2O/c1-15(22)21-19(17-10-6-3-7-11-17)14-18(20-21)13-12-16-8-4-2-5-9-16/h2-13,19H,14H2,1H3/b13-12-/t19-/m1/s1. The van der Waals surface area contributed by atoms with E-state index in [-0.39, 0.29) is 11.9 Å². The van der Waals surface area contributed by atoms with Crippen LogP contribution in [0.1, 0.15) is 30.5 Å². The number of carbonyl (C=O) groups is 1. The van der Waals surface area contributed by atoms with Gasteiger partial charge in [-0.15, -0.1) is 0 Å². The Balaban J connectivity index is 1.81. The van der Waals surface area contributed by atoms with Crippen LogP contribution < -0.4 is 0 Å². The van der Waals surface area contributed by atoms with E-state index in [9.17, 15) is 4.79 Å². The van der Waals surface area contributed by atoms with E-state index in [0.29, 0.717) is 0 Å². The second-order valence-electron chi connectivity index (χ2n) is 5.33. The second kappa shape index (κ2) is 6.39. The van der Waals surface area contributed by atoms with Gasteiger partial charge in [0, 0.05) is 13.3 Å². The number of nitrogens with zero attached hydrogens (tertiary/aromatic N) is 2. The Morgan fingerprint density at radius 3 is 2.32 bits per heavy atom. The molecule has 0 saturated heterocycles. The summed E-state index contributed by atoms with van der Waals surface area (Å²) in [6.45, 7) is 1.56. The summed E-state index contributed by atoms with van der Waals surface area (Å²) in [4.78, 5) is 11.8. The van der Waals surface area contributed by atoms with Gasteiger partial charge in [-0.05, 0) is 17.2 Å². The van der Waals surface area contributed by atoms with Crippen LogP contribution in [-0.2, 0) is 4.79 Å². The highest BCUT2D eigenvalue weighted by Gasteiger charge is 2.29. The van der Waals surface area contributed by atoms with Crippen LogP contribution in [0, 0.1) is 0 Å². The van der Waals surface area contributed by atoms with Crippen molar-refractivity contribution >= 4 is 17.7 Å². The molecular formula is C19H18N2O. The Kier molecular flexibility index (Phi) is 4.15. The molecule has 1 aliphatic heterocycles. The van der Waals surface area contributed by atoms with Crippen LogP contribution in [0.3, 0.4) is 0 Å². The monoisotopic (exact) mass is 290 g/mol. The molecule has 3 heteroatoms. The van der Waals surface area contributed by atoms with Crippen molar-refractivity contribution in [2.75, 3.05) is 0 Å². The Hall–Kier alpha value is -2.68. The fourth-order valence-corrected chi connectivity index (χ4v) is 2.62. The number of benzene rings is 2. The number of carbonyl (C=O) groups excluding carboxylic acids is 1. The lowest BCUT2D eigenvalue weighted by Crippen LogP contribution is -2.24. The first-order chi connectivity index (χ1) is 10.7. The predicted molar refractivity (Wildman–Crippen MR) is 89.2 cm³/mol. The minimum atomic E-state index is -0.0306. The summed E-state index contributed by atoms with van der Waals surface area (Å²) in [5, 5.41) is 6.06. The highest BCUT2D eigenvalue weighted by molar-refractivity contribution is 6.00. The molecule has 110 valence electrons. The van der Waals surface area contributed by atoms with Crippen molar-refractivity contribution in [3.63, 3.8) is 0 Å². The Morgan fingerprint density at radius 2 is 1.68 bits per heavy atom. The number of hydrazone groups is 1. The molecule has 1 atom stereocenters. The first kappa shape index (κ1) is 14.3. The van der Waals surface area contributed by atoms with E-state index in [1.165, 1.54) is 0 Å². The van der Waals surface area contributed by atoms with Crippen LogP contribution in [-0.4, -0.2) is 16.6 Å². The molecule has 0 unspecified atom stereocenters. The molecule has 1 heterocycles. The summed E-state index contributed by atoms with van der Waals surface area (Å²) in [7, 11) is 0. The summed E-state index contributed by atoms with van der Waals surface area (Å²) < 4.78 is 0. The molecule has 0 saturated carbocycles. The average Bonchev–Trinajstić information content (AvgIpc) is 2.99. The number of rotatable bonds is 3. The Bertz CT molecular complexity index is 705. The molecule has 0 N–H and O–H groups in total. The van der Waals surface area contributed by atoms with E-state index in [1.54, 1.807) is 11.9 Å². The average molecular weight is 290 g/mol. The smallest absolute Gasteiger partial charge is 0.240 e. The van der Waals surface area contributed by atoms with Crippen LogP contribution in [0.4, 0.5) is 0 Å². The van der Waals surface area contributed by atoms with Crippen molar-refractivity contribution in [2.24, 2.45) is 5.10 Å². The molecule has 2 aromatic carbocycles. The van der Waals surface area contributed by atoms with Gasteiger partial charge in [0.1, 0.15) is 0 Å². The molecule has 2 aromatic rings. The normalized spacial score (nSPS) is 17.8. The molecule has 0 fully saturated rings. The molecule has 0 bridgehead atoms. The summed E-state index contributed by atoms with van der Waals surface area (Å²) in [5.41, 5.74) is 3.17. The highest BCUT2D eigenvalue weighted by atomic mass is 16.2. The maximum atomic E-state index is 11.8. The molecule has 22 heavy (non-hydrogen) atoms. The lowest BCUT2D eigenvalue weighted by atomic mass is 10.0. The van der Waals surface area contributed by atoms with Crippen LogP contribution in [0.5, 0.6) is 0 Å². The van der Waals surface area contributed by atoms with Crippen LogP contribution >= 0.6 is 0 Å². The quantitative estimate of drug-likeness (QED) is 0.839. The van der Waals surface area contributed by atoms with Crippen molar-refractivity contribution in [1.82, 2.24) is 5.01 Å². The molecule has 0 spiro atoms. The van der Waals surface area contributed by atoms with Crippen molar-refractivity contribution in [3.8, 4) is 0 Å². The van der Waals surface area contributed by atoms with Gasteiger partial charge in [0.25, 0.3) is 0 Å². The van der Waals surface area contributed by atoms with Gasteiger partial charge in [0.05, 0.1) is 11.8 Å². The fourth-order valence-electron chi connectivity index (χ4n) is 2.62. The lowest BCUT2D eigenvalue weighted by molar-refractivity contribution is -0.130. The Labute approximate surface area is 130 Å². The maximum absolute atomic E-state index is 11.8. The molecule has 0 radical (unpaired) electrons. The number of allylic oxidation sites excluding steroid dienone is 1. The third-order valence-electron chi connectivity index (χ3n) is 3.71. The van der Waals surface area contributed by atoms with Crippen LogP contribution in [0.2, 0.25) is 0 Å². The summed E-state index contributed by atoms with van der Waals surface area (Å²) in [6, 6.07) is 20.1. The molecule has 3 rings (SSSR count). The number of amides is 1. The summed E-state index contributed by atoms with van der Waals surface area (Å²) >= 11 is 0. The van der Waals surface area contributed by atoms with Gasteiger partial charge in [0.2, 0.25) is 5.91 Å². The largest absolute Gasteiger partial charge is 0.273 e. The minimum absolute atomic E-state index is 0.00544. The second-order valence-corrected chi connectivity index (χ2v) is 5.33. The van der Waals surface area contributed by atoms with Gasteiger partial charge in [-0.3, -0.25) is 4.79 Å². The number of hydrogen-bond acceptors (Lipinski definition) is 2. The lowest BCUT2D eigenvalue weighted by Gasteiger charge is -2.20. The SMILES string of the molecule is CC(=O)N1N=C(/C=C\c2ccccc2)C[C@@H]1c1ccccc1. The topological polar surface area (TPSA) is 32.7 Å². The third kappa shape index (κ3) is 3.14. The molecule has 1 aliphatic rings. The van der Waals surface area contributed by atoms with Gasteiger partial charge in [-0.1, -0.05) is 66.7 Å². The zero-order chi connectivity index (χ0) is 15.4. The zero-order valence-corrected chi connectivity index (χ0v) is 12.5. The zero-order valence-electron chi connectivity index (χ0n) is 12.5. The minimum Gasteiger partial charge on any atom is -0.273 e. The van der Waals surface area contributed by atoms with Crippen molar-refractivity contribution in [2.45, 2.75) is 19.4 Å². The maximum Gasteiger partial charge on any atom is 0.240 e. The van der Waals surface area contributed by atoms with Crippen molar-refractivity contribution in [3.05, 3.63) is 77.9 Å². The molecule has 3 nitrogen and oxygen atoms in total. The molecule has 0 aromatic heterocycles. The van der Waals surface area contributed by atoms with Gasteiger partial charge in [-0.2, -0.15) is 5.10 Å². The van der Waals surface area contributed by atoms with Gasteiger partial charge in [0.15, 0.2) is 0 Å². The molecular weight excluding hydrogens is 272 g/mol.